The molecule has 1 rings (SSSR count). The Morgan fingerprint density at radius 3 is 2.59 bits per heavy atom. The van der Waals surface area contributed by atoms with Gasteiger partial charge in [-0.3, -0.25) is 0 Å². The molecule has 0 spiro atoms. The number of allylic oxidation sites excluding steroid dienone is 2. The van der Waals surface area contributed by atoms with E-state index in [1.165, 1.54) is 34.8 Å². The van der Waals surface area contributed by atoms with Gasteiger partial charge in [-0.1, -0.05) is 18.6 Å². The van der Waals surface area contributed by atoms with Gasteiger partial charge >= 0.3 is 0 Å². The fourth-order valence-electron chi connectivity index (χ4n) is 1.58. The molecule has 17 heavy (non-hydrogen) atoms. The Bertz CT molecular complexity index is 249. The van der Waals surface area contributed by atoms with Gasteiger partial charge in [0.1, 0.15) is 0 Å². The summed E-state index contributed by atoms with van der Waals surface area (Å²) in [5.41, 5.74) is 1.39. The molecule has 0 aromatic rings. The van der Waals surface area contributed by atoms with E-state index in [1.807, 2.05) is 0 Å². The minimum absolute atomic E-state index is 0.646. The second-order valence-corrected chi connectivity index (χ2v) is 12.3. The molecule has 1 heterocycles. The van der Waals surface area contributed by atoms with Crippen LogP contribution in [0, 0.1) is 5.92 Å². The number of hydrogen-bond acceptors (Lipinski definition) is 4. The largest absolute Gasteiger partial charge is 0.637 e. The molecule has 0 radical (unpaired) electrons. The molecule has 0 aliphatic carbocycles. The quantitative estimate of drug-likeness (QED) is 0.518. The SMILES string of the molecule is CC(C)=CCCC(C)CCO[P+]1([O-])SCCS1. The predicted molar refractivity (Wildman–Crippen MR) is 80.2 cm³/mol. The van der Waals surface area contributed by atoms with Gasteiger partial charge in [-0.25, -0.2) is 4.52 Å². The van der Waals surface area contributed by atoms with Gasteiger partial charge in [0, 0.05) is 11.5 Å². The molecular formula is C12H23O2PS2. The molecule has 1 aliphatic heterocycles. The molecule has 1 atom stereocenters. The molecule has 0 aromatic carbocycles. The molecular weight excluding hydrogens is 271 g/mol. The van der Waals surface area contributed by atoms with Gasteiger partial charge in [-0.05, 0) is 39.0 Å². The molecule has 1 fully saturated rings. The van der Waals surface area contributed by atoms with Crippen LogP contribution in [-0.4, -0.2) is 18.1 Å². The monoisotopic (exact) mass is 294 g/mol. The summed E-state index contributed by atoms with van der Waals surface area (Å²) in [5, 5.41) is 0. The number of hydrogen-bond donors (Lipinski definition) is 0. The van der Waals surface area contributed by atoms with E-state index in [0.717, 1.165) is 24.3 Å². The maximum atomic E-state index is 12.0. The van der Waals surface area contributed by atoms with Crippen LogP contribution < -0.4 is 4.89 Å². The topological polar surface area (TPSA) is 32.3 Å². The zero-order valence-electron chi connectivity index (χ0n) is 11.0. The second kappa shape index (κ2) is 8.06. The zero-order chi connectivity index (χ0) is 12.7. The standard InChI is InChI=1S/C12H23O2PS2/c1-11(2)5-4-6-12(3)7-8-14-15(13)16-9-10-17-15/h5,12H,4,6-10H2,1-3H3. The van der Waals surface area contributed by atoms with Crippen molar-refractivity contribution in [1.29, 1.82) is 0 Å². The summed E-state index contributed by atoms with van der Waals surface area (Å²) >= 11 is 3.01. The molecule has 5 heteroatoms. The fraction of sp³-hybridized carbons (Fsp3) is 0.833. The van der Waals surface area contributed by atoms with Gasteiger partial charge in [0.25, 0.3) is 0 Å². The van der Waals surface area contributed by atoms with Gasteiger partial charge in [0.15, 0.2) is 0 Å². The lowest BCUT2D eigenvalue weighted by atomic mass is 10.0. The minimum Gasteiger partial charge on any atom is -0.637 e. The van der Waals surface area contributed by atoms with Crippen LogP contribution in [0.15, 0.2) is 11.6 Å². The molecule has 1 unspecified atom stereocenters. The normalized spacial score (nSPS) is 20.2. The van der Waals surface area contributed by atoms with E-state index >= 15 is 0 Å². The van der Waals surface area contributed by atoms with Crippen LogP contribution >= 0.6 is 28.9 Å². The van der Waals surface area contributed by atoms with Crippen LogP contribution in [0.2, 0.25) is 0 Å². The first kappa shape index (κ1) is 15.8. The molecule has 0 saturated carbocycles. The number of rotatable bonds is 7. The van der Waals surface area contributed by atoms with Crippen molar-refractivity contribution in [1.82, 2.24) is 0 Å². The third kappa shape index (κ3) is 7.07. The van der Waals surface area contributed by atoms with E-state index in [4.69, 9.17) is 4.52 Å². The summed E-state index contributed by atoms with van der Waals surface area (Å²) in [6.07, 6.45) is 3.29. The third-order valence-electron chi connectivity index (χ3n) is 2.65. The van der Waals surface area contributed by atoms with E-state index in [2.05, 4.69) is 26.8 Å². The lowest BCUT2D eigenvalue weighted by Crippen LogP contribution is -2.07. The minimum atomic E-state index is -2.35. The first-order chi connectivity index (χ1) is 8.02. The Balaban J connectivity index is 2.07. The molecule has 0 bridgehead atoms. The summed E-state index contributed by atoms with van der Waals surface area (Å²) in [6.45, 7) is 7.16. The lowest BCUT2D eigenvalue weighted by molar-refractivity contribution is -0.176. The molecule has 1 aliphatic rings. The third-order valence-corrected chi connectivity index (χ3v) is 10.3. The highest BCUT2D eigenvalue weighted by Crippen LogP contribution is 2.77. The van der Waals surface area contributed by atoms with Crippen molar-refractivity contribution in [2.24, 2.45) is 5.92 Å². The summed E-state index contributed by atoms with van der Waals surface area (Å²) < 4.78 is 5.55. The Kier molecular flexibility index (Phi) is 7.51. The van der Waals surface area contributed by atoms with Crippen molar-refractivity contribution in [3.05, 3.63) is 11.6 Å². The average molecular weight is 294 g/mol. The Morgan fingerprint density at radius 2 is 2.00 bits per heavy atom. The van der Waals surface area contributed by atoms with Gasteiger partial charge in [-0.2, -0.15) is 0 Å². The van der Waals surface area contributed by atoms with Crippen molar-refractivity contribution in [3.63, 3.8) is 0 Å². The van der Waals surface area contributed by atoms with Crippen molar-refractivity contribution in [2.45, 2.75) is 40.0 Å². The van der Waals surface area contributed by atoms with Gasteiger partial charge < -0.3 is 4.89 Å². The Labute approximate surface area is 114 Å². The summed E-state index contributed by atoms with van der Waals surface area (Å²) in [5.74, 6) is 2.59. The summed E-state index contributed by atoms with van der Waals surface area (Å²) in [7, 11) is 0. The molecule has 1 saturated heterocycles. The maximum absolute atomic E-state index is 12.0. The fourth-order valence-corrected chi connectivity index (χ4v) is 8.99. The van der Waals surface area contributed by atoms with Crippen molar-refractivity contribution >= 4 is 28.9 Å². The lowest BCUT2D eigenvalue weighted by Gasteiger charge is -2.20. The molecule has 0 aromatic heterocycles. The van der Waals surface area contributed by atoms with Crippen LogP contribution in [0.25, 0.3) is 0 Å². The second-order valence-electron chi connectivity index (χ2n) is 4.70. The van der Waals surface area contributed by atoms with E-state index in [0.29, 0.717) is 12.5 Å². The molecule has 2 nitrogen and oxygen atoms in total. The van der Waals surface area contributed by atoms with Crippen LogP contribution in [-0.2, 0) is 4.52 Å². The van der Waals surface area contributed by atoms with Gasteiger partial charge in [-0.15, -0.1) is 0 Å². The van der Waals surface area contributed by atoms with Crippen LogP contribution in [0.4, 0.5) is 0 Å². The van der Waals surface area contributed by atoms with E-state index in [1.54, 1.807) is 0 Å². The predicted octanol–water partition coefficient (Wildman–Crippen LogP) is 4.29. The average Bonchev–Trinajstić information content (AvgIpc) is 2.65. The Hall–Kier alpha value is 0.790. The Morgan fingerprint density at radius 1 is 1.35 bits per heavy atom. The van der Waals surface area contributed by atoms with Crippen LogP contribution in [0.3, 0.4) is 0 Å². The van der Waals surface area contributed by atoms with E-state index in [-0.39, 0.29) is 0 Å². The smallest absolute Gasteiger partial charge is 0.222 e. The highest BCUT2D eigenvalue weighted by atomic mass is 33.1. The molecule has 0 N–H and O–H groups in total. The first-order valence-electron chi connectivity index (χ1n) is 6.19. The van der Waals surface area contributed by atoms with Crippen molar-refractivity contribution < 1.29 is 9.42 Å². The molecule has 100 valence electrons. The van der Waals surface area contributed by atoms with Crippen LogP contribution in [0.5, 0.6) is 0 Å². The van der Waals surface area contributed by atoms with E-state index < -0.39 is 6.12 Å². The molecule has 0 amide bonds. The maximum Gasteiger partial charge on any atom is 0.222 e. The van der Waals surface area contributed by atoms with Gasteiger partial charge in [0.05, 0.1) is 29.4 Å². The summed E-state index contributed by atoms with van der Waals surface area (Å²) in [4.78, 5) is 12.0. The van der Waals surface area contributed by atoms with Crippen molar-refractivity contribution in [3.8, 4) is 0 Å². The highest BCUT2D eigenvalue weighted by Gasteiger charge is 2.36. The van der Waals surface area contributed by atoms with E-state index in [9.17, 15) is 4.89 Å². The van der Waals surface area contributed by atoms with Gasteiger partial charge in [0.2, 0.25) is 6.12 Å². The van der Waals surface area contributed by atoms with Crippen molar-refractivity contribution in [2.75, 3.05) is 18.1 Å². The first-order valence-corrected chi connectivity index (χ1v) is 11.0. The van der Waals surface area contributed by atoms with Crippen LogP contribution in [0.1, 0.15) is 40.0 Å². The highest BCUT2D eigenvalue weighted by molar-refractivity contribution is 8.92. The zero-order valence-corrected chi connectivity index (χ0v) is 13.5. The summed E-state index contributed by atoms with van der Waals surface area (Å²) in [6, 6.07) is 0.